The lowest BCUT2D eigenvalue weighted by Crippen LogP contribution is -2.36. The molecule has 2 amide bonds. The van der Waals surface area contributed by atoms with Gasteiger partial charge in [0.1, 0.15) is 9.75 Å². The fourth-order valence-corrected chi connectivity index (χ4v) is 18.9. The zero-order valence-electron chi connectivity index (χ0n) is 64.7. The molecular formula is C86H93N13O5S5. The molecule has 562 valence electrons. The van der Waals surface area contributed by atoms with E-state index in [0.717, 1.165) is 201 Å². The summed E-state index contributed by atoms with van der Waals surface area (Å²) in [6.07, 6.45) is 2.66. The van der Waals surface area contributed by atoms with Gasteiger partial charge in [-0.05, 0) is 159 Å². The van der Waals surface area contributed by atoms with E-state index in [9.17, 15) is 24.0 Å². The van der Waals surface area contributed by atoms with Crippen molar-refractivity contribution in [1.82, 2.24) is 40.5 Å². The van der Waals surface area contributed by atoms with Crippen LogP contribution in [-0.4, -0.2) is 118 Å². The molecule has 18 nitrogen and oxygen atoms in total. The van der Waals surface area contributed by atoms with Gasteiger partial charge in [0.2, 0.25) is 0 Å². The summed E-state index contributed by atoms with van der Waals surface area (Å²) < 4.78 is 5.53. The van der Waals surface area contributed by atoms with Crippen LogP contribution < -0.4 is 37.6 Å². The van der Waals surface area contributed by atoms with E-state index in [0.29, 0.717) is 16.6 Å². The van der Waals surface area contributed by atoms with Crippen molar-refractivity contribution in [3.8, 4) is 0 Å². The summed E-state index contributed by atoms with van der Waals surface area (Å²) in [4.78, 5) is 88.8. The van der Waals surface area contributed by atoms with Crippen LogP contribution in [0.15, 0.2) is 121 Å². The summed E-state index contributed by atoms with van der Waals surface area (Å²) in [5, 5.41) is 30.6. The van der Waals surface area contributed by atoms with Crippen LogP contribution in [-0.2, 0) is 0 Å². The van der Waals surface area contributed by atoms with Gasteiger partial charge in [0, 0.05) is 178 Å². The molecule has 2 aliphatic rings. The predicted molar refractivity (Wildman–Crippen MR) is 466 cm³/mol. The Labute approximate surface area is 654 Å². The number of benzene rings is 5. The number of carbonyl (C=O) groups excluding carboxylic acids is 5. The van der Waals surface area contributed by atoms with E-state index in [1.807, 2.05) is 146 Å². The molecule has 3 unspecified atom stereocenters. The first-order valence-electron chi connectivity index (χ1n) is 36.8. The second kappa shape index (κ2) is 33.4. The summed E-state index contributed by atoms with van der Waals surface area (Å²) in [6, 6.07) is 41.4. The van der Waals surface area contributed by atoms with Gasteiger partial charge < -0.3 is 42.5 Å². The molecule has 0 aliphatic carbocycles. The first-order chi connectivity index (χ1) is 52.2. The van der Waals surface area contributed by atoms with Crippen LogP contribution in [0, 0.1) is 40.5 Å². The number of likely N-dealkylation sites (N-methyl/N-ethyl adjacent to an activating group) is 2. The van der Waals surface area contributed by atoms with Crippen LogP contribution in [0.5, 0.6) is 0 Å². The molecule has 10 aromatic heterocycles. The summed E-state index contributed by atoms with van der Waals surface area (Å²) in [5.41, 5.74) is 20.3. The Balaban J connectivity index is 0.000000125. The number of hydrogen-bond acceptors (Lipinski definition) is 21. The lowest BCUT2D eigenvalue weighted by molar-refractivity contribution is 0.0761. The van der Waals surface area contributed by atoms with E-state index >= 15 is 0 Å². The molecule has 0 bridgehead atoms. The minimum absolute atomic E-state index is 0.0110. The molecule has 3 atom stereocenters. The predicted octanol–water partition coefficient (Wildman–Crippen LogP) is 20.9. The minimum atomic E-state index is 0.0110. The van der Waals surface area contributed by atoms with Crippen LogP contribution in [0.25, 0.3) is 105 Å². The summed E-state index contributed by atoms with van der Waals surface area (Å²) in [5.74, 6) is 1.25. The topological polar surface area (TPSA) is 251 Å². The monoisotopic (exact) mass is 1550 g/mol. The van der Waals surface area contributed by atoms with Gasteiger partial charge in [0.15, 0.2) is 17.3 Å². The number of amides is 2. The minimum Gasteiger partial charge on any atom is -0.397 e. The van der Waals surface area contributed by atoms with Gasteiger partial charge in [-0.15, -0.1) is 56.7 Å². The Hall–Kier alpha value is -10.1. The lowest BCUT2D eigenvalue weighted by Gasteiger charge is -2.21. The van der Waals surface area contributed by atoms with Gasteiger partial charge in [-0.1, -0.05) is 63.9 Å². The first kappa shape index (κ1) is 78.4. The van der Waals surface area contributed by atoms with Crippen LogP contribution >= 0.6 is 56.7 Å². The number of ketones is 3. The van der Waals surface area contributed by atoms with Crippen LogP contribution in [0.4, 0.5) is 28.4 Å². The second-order valence-electron chi connectivity index (χ2n) is 28.2. The smallest absolute Gasteiger partial charge is 0.266 e. The highest BCUT2D eigenvalue weighted by molar-refractivity contribution is 7.23. The van der Waals surface area contributed by atoms with Gasteiger partial charge in [0.25, 0.3) is 11.8 Å². The van der Waals surface area contributed by atoms with E-state index in [2.05, 4.69) is 134 Å². The summed E-state index contributed by atoms with van der Waals surface area (Å²) >= 11 is 7.64. The van der Waals surface area contributed by atoms with E-state index in [1.54, 1.807) is 43.4 Å². The number of nitrogens with two attached hydrogens (primary N) is 1. The third kappa shape index (κ3) is 16.3. The third-order valence-electron chi connectivity index (χ3n) is 19.9. The van der Waals surface area contributed by atoms with Crippen molar-refractivity contribution in [2.75, 3.05) is 67.8 Å². The number of pyridine rings is 5. The van der Waals surface area contributed by atoms with Crippen molar-refractivity contribution >= 4 is 219 Å². The van der Waals surface area contributed by atoms with Crippen molar-refractivity contribution in [2.45, 2.75) is 128 Å². The van der Waals surface area contributed by atoms with E-state index in [-0.39, 0.29) is 41.2 Å². The van der Waals surface area contributed by atoms with Crippen LogP contribution in [0.3, 0.4) is 0 Å². The number of nitrogens with one attached hydrogen (secondary N) is 6. The number of nitrogens with zero attached hydrogens (tertiary/aromatic N) is 6. The average molecular weight is 1550 g/mol. The second-order valence-corrected chi connectivity index (χ2v) is 33.4. The van der Waals surface area contributed by atoms with Crippen molar-refractivity contribution in [3.05, 3.63) is 174 Å². The number of aromatic nitrogens is 5. The average Bonchev–Trinajstić information content (AvgIpc) is 1.65. The number of nitrogen functional groups attached to an aromatic ring is 1. The molecule has 0 spiro atoms. The van der Waals surface area contributed by atoms with Crippen molar-refractivity contribution < 1.29 is 24.0 Å². The van der Waals surface area contributed by atoms with E-state index in [4.69, 9.17) is 5.73 Å². The maximum atomic E-state index is 12.7. The maximum Gasteiger partial charge on any atom is 0.266 e. The highest BCUT2D eigenvalue weighted by Gasteiger charge is 2.30. The van der Waals surface area contributed by atoms with E-state index < -0.39 is 0 Å². The molecule has 17 rings (SSSR count). The molecule has 5 aromatic carbocycles. The summed E-state index contributed by atoms with van der Waals surface area (Å²) in [6.45, 7) is 29.9. The molecule has 2 aliphatic heterocycles. The SMILES string of the molecule is CC(=O)c1sc2ccc3nc(C)ccc3c2c1N.CCC(C)CC.CNC(C)CNc1c(C(C)=O)sc2ccc3nc(C)ccc3c12.CNc1c(C(C)=O)sc2ccc3nc(C)ccc3c12.Cc1ccc2c(ccc3sc4c(c32)NCC(C)N(C)C4=O)n1.Cc1ccc2c(ccc3sc4c(c32)NCC(C)NC4=O)n1. The molecule has 12 heterocycles. The third-order valence-corrected chi connectivity index (χ3v) is 26.0. The Kier molecular flexibility index (Phi) is 24.0. The molecule has 0 radical (unpaired) electrons. The quantitative estimate of drug-likeness (QED) is 0.0629. The van der Waals surface area contributed by atoms with Gasteiger partial charge in [-0.25, -0.2) is 0 Å². The van der Waals surface area contributed by atoms with Crippen LogP contribution in [0.1, 0.15) is 152 Å². The van der Waals surface area contributed by atoms with Crippen LogP contribution in [0.2, 0.25) is 0 Å². The Morgan fingerprint density at radius 2 is 0.853 bits per heavy atom. The number of aryl methyl sites for hydroxylation is 5. The zero-order chi connectivity index (χ0) is 78.0. The standard InChI is InChI=1S/C18H21N3OS.C17H17N3OS.C16H15N3OS.C15H14N2OS.C14H12N2OS.C6H14/c1-10-5-6-13-14(21-10)7-8-15-16(13)17(18(23-15)12(3)22)20-9-11(2)19-4;1-9-4-5-11-12(19-9)6-7-13-14(11)15-16(22-13)17(21)20(3)10(2)8-18-15;1-8-3-4-10-11(18-8)5-6-12-13(10)14-15(21-12)16(20)19-9(2)7-17-14;1-8-4-5-10-11(17-8)6-7-12-13(10)14(16-3)15(19-12)9(2)18;1-7-3-4-9-10(16-7)5-6-11-12(9)13(15)14(18-11)8(2)17;1-4-6(3)5-2/h5-8,11,19-20H,9H2,1-4H3;4-7,10,18H,8H2,1-3H3;3-6,9,17H,7H2,1-2H3,(H,19,20);4-7,16H,1-3H3;3-6H,15H2,1-2H3;6H,4-5H2,1-3H3. The molecule has 23 heteroatoms. The Bertz CT molecular complexity index is 6050. The number of hydrogen-bond donors (Lipinski definition) is 7. The highest BCUT2D eigenvalue weighted by atomic mass is 32.1. The van der Waals surface area contributed by atoms with Gasteiger partial charge in [-0.3, -0.25) is 48.9 Å². The molecule has 15 aromatic rings. The van der Waals surface area contributed by atoms with Crippen molar-refractivity contribution in [3.63, 3.8) is 0 Å². The molecule has 8 N–H and O–H groups in total. The van der Waals surface area contributed by atoms with Crippen molar-refractivity contribution in [1.29, 1.82) is 0 Å². The lowest BCUT2D eigenvalue weighted by atomic mass is 10.1. The number of rotatable bonds is 10. The number of anilines is 5. The summed E-state index contributed by atoms with van der Waals surface area (Å²) in [7, 11) is 5.66. The number of fused-ring (bicyclic) bond motifs is 19. The fraction of sp³-hybridized carbons (Fsp3) is 0.302. The molecular weight excluding hydrogens is 1460 g/mol. The van der Waals surface area contributed by atoms with Gasteiger partial charge in [-0.2, -0.15) is 0 Å². The molecule has 109 heavy (non-hydrogen) atoms. The van der Waals surface area contributed by atoms with Gasteiger partial charge in [0.05, 0.1) is 70.7 Å². The Morgan fingerprint density at radius 3 is 1.26 bits per heavy atom. The molecule has 0 saturated heterocycles. The highest BCUT2D eigenvalue weighted by Crippen LogP contribution is 2.46. The number of thiophene rings is 5. The normalized spacial score (nSPS) is 14.2. The first-order valence-corrected chi connectivity index (χ1v) is 40.9. The van der Waals surface area contributed by atoms with Gasteiger partial charge >= 0.3 is 0 Å². The zero-order valence-corrected chi connectivity index (χ0v) is 68.8. The number of carbonyl (C=O) groups is 5. The van der Waals surface area contributed by atoms with Crippen molar-refractivity contribution in [2.24, 2.45) is 5.92 Å². The molecule has 0 fully saturated rings. The molecule has 0 saturated carbocycles. The largest absolute Gasteiger partial charge is 0.397 e. The Morgan fingerprint density at radius 1 is 0.495 bits per heavy atom. The fourth-order valence-electron chi connectivity index (χ4n) is 13.3. The number of Topliss-reactive ketones (excluding diaryl/α,β-unsaturated/α-hetero) is 3. The maximum absolute atomic E-state index is 12.7. The van der Waals surface area contributed by atoms with E-state index in [1.165, 1.54) is 46.9 Å².